The quantitative estimate of drug-likeness (QED) is 0.536. The summed E-state index contributed by atoms with van der Waals surface area (Å²) in [6.45, 7) is 4.72. The highest BCUT2D eigenvalue weighted by atomic mass is 16.1. The molecule has 136 valence electrons. The molecule has 2 atom stereocenters. The van der Waals surface area contributed by atoms with Crippen LogP contribution in [0.3, 0.4) is 0 Å². The van der Waals surface area contributed by atoms with Gasteiger partial charge in [-0.05, 0) is 32.4 Å². The zero-order valence-corrected chi connectivity index (χ0v) is 15.3. The Morgan fingerprint density at radius 3 is 2.96 bits per heavy atom. The molecule has 3 aromatic rings. The molecule has 2 aromatic heterocycles. The van der Waals surface area contributed by atoms with Crippen molar-refractivity contribution in [2.75, 3.05) is 11.9 Å². The van der Waals surface area contributed by atoms with Gasteiger partial charge in [0.25, 0.3) is 5.91 Å². The predicted octanol–water partition coefficient (Wildman–Crippen LogP) is 3.52. The number of fused-ring (bicyclic) bond motifs is 3. The van der Waals surface area contributed by atoms with Gasteiger partial charge in [-0.15, -0.1) is 0 Å². The summed E-state index contributed by atoms with van der Waals surface area (Å²) in [7, 11) is 0. The highest BCUT2D eigenvalue weighted by Crippen LogP contribution is 2.34. The molecule has 0 saturated heterocycles. The van der Waals surface area contributed by atoms with Crippen LogP contribution >= 0.6 is 0 Å². The van der Waals surface area contributed by atoms with Crippen LogP contribution in [-0.4, -0.2) is 33.4 Å². The summed E-state index contributed by atoms with van der Waals surface area (Å²) in [6, 6.07) is 8.07. The molecular formula is C21H21N5O. The van der Waals surface area contributed by atoms with Crippen molar-refractivity contribution < 1.29 is 4.79 Å². The highest BCUT2D eigenvalue weighted by Gasteiger charge is 2.28. The number of rotatable bonds is 0. The fraction of sp³-hybridized carbons (Fsp3) is 0.286. The second kappa shape index (κ2) is 5.94. The van der Waals surface area contributed by atoms with Crippen LogP contribution in [0.1, 0.15) is 41.0 Å². The van der Waals surface area contributed by atoms with Crippen molar-refractivity contribution in [3.8, 4) is 11.3 Å². The number of nitrogens with one attached hydrogen (secondary N) is 3. The van der Waals surface area contributed by atoms with Gasteiger partial charge in [-0.2, -0.15) is 0 Å². The number of allylic oxidation sites excluding steroid dienone is 1. The summed E-state index contributed by atoms with van der Waals surface area (Å²) in [4.78, 5) is 25.5. The summed E-state index contributed by atoms with van der Waals surface area (Å²) >= 11 is 0. The van der Waals surface area contributed by atoms with Gasteiger partial charge >= 0.3 is 0 Å². The Hall–Kier alpha value is -3.15. The lowest BCUT2D eigenvalue weighted by Crippen LogP contribution is -2.34. The topological polar surface area (TPSA) is 82.7 Å². The standard InChI is InChI=1S/C21H21N5O/c1-11-5-3-6-13-10-22-21(27)15-9-17(25-18(13)15)14-7-4-8-16-19(14)26-20(23-11)12(2)24-16/h3-5,7-9,11,13,25H,6,10H2,1-2H3,(H,22,27)(H,23,26)/b5-3+/t11-,13-/m0/s1. The van der Waals surface area contributed by atoms with E-state index in [9.17, 15) is 4.79 Å². The third-order valence-corrected chi connectivity index (χ3v) is 5.38. The molecule has 0 aliphatic carbocycles. The molecule has 1 amide bonds. The molecular weight excluding hydrogens is 338 g/mol. The lowest BCUT2D eigenvalue weighted by Gasteiger charge is -2.22. The van der Waals surface area contributed by atoms with Crippen LogP contribution in [0.4, 0.5) is 5.82 Å². The maximum absolute atomic E-state index is 12.4. The summed E-state index contributed by atoms with van der Waals surface area (Å²) < 4.78 is 0. The smallest absolute Gasteiger partial charge is 0.253 e. The van der Waals surface area contributed by atoms with Gasteiger partial charge < -0.3 is 15.6 Å². The van der Waals surface area contributed by atoms with Gasteiger partial charge in [0.2, 0.25) is 0 Å². The maximum Gasteiger partial charge on any atom is 0.253 e. The number of aromatic amines is 1. The van der Waals surface area contributed by atoms with Gasteiger partial charge in [0.1, 0.15) is 11.3 Å². The Morgan fingerprint density at radius 2 is 2.07 bits per heavy atom. The molecule has 6 nitrogen and oxygen atoms in total. The van der Waals surface area contributed by atoms with Gasteiger partial charge in [-0.3, -0.25) is 4.79 Å². The van der Waals surface area contributed by atoms with Crippen molar-refractivity contribution in [1.82, 2.24) is 20.3 Å². The Kier molecular flexibility index (Phi) is 3.53. The van der Waals surface area contributed by atoms with Crippen molar-refractivity contribution in [2.24, 2.45) is 0 Å². The minimum absolute atomic E-state index is 0.0160. The number of anilines is 1. The maximum atomic E-state index is 12.4. The van der Waals surface area contributed by atoms with Gasteiger partial charge in [0.05, 0.1) is 16.8 Å². The summed E-state index contributed by atoms with van der Waals surface area (Å²) in [5.74, 6) is 1.02. The Balaban J connectivity index is 1.80. The number of carbonyl (C=O) groups excluding carboxylic acids is 1. The number of aryl methyl sites for hydroxylation is 1. The average Bonchev–Trinajstić information content (AvgIpc) is 3.09. The zero-order valence-electron chi connectivity index (χ0n) is 15.3. The summed E-state index contributed by atoms with van der Waals surface area (Å²) in [5, 5.41) is 6.47. The first-order valence-corrected chi connectivity index (χ1v) is 9.32. The van der Waals surface area contributed by atoms with Crippen LogP contribution in [0.15, 0.2) is 36.4 Å². The normalized spacial score (nSPS) is 22.4. The predicted molar refractivity (Wildman–Crippen MR) is 106 cm³/mol. The first kappa shape index (κ1) is 16.1. The van der Waals surface area contributed by atoms with E-state index >= 15 is 0 Å². The fourth-order valence-corrected chi connectivity index (χ4v) is 3.97. The van der Waals surface area contributed by atoms with Gasteiger partial charge in [-0.25, -0.2) is 9.97 Å². The second-order valence-corrected chi connectivity index (χ2v) is 7.35. The summed E-state index contributed by atoms with van der Waals surface area (Å²) in [5.41, 5.74) is 6.17. The first-order valence-electron chi connectivity index (χ1n) is 9.32. The summed E-state index contributed by atoms with van der Waals surface area (Å²) in [6.07, 6.45) is 5.19. The molecule has 5 rings (SSSR count). The van der Waals surface area contributed by atoms with E-state index in [1.165, 1.54) is 0 Å². The number of hydrogen-bond donors (Lipinski definition) is 3. The number of para-hydroxylation sites is 1. The zero-order chi connectivity index (χ0) is 18.5. The average molecular weight is 359 g/mol. The van der Waals surface area contributed by atoms with Crippen molar-refractivity contribution in [2.45, 2.75) is 32.2 Å². The molecule has 0 saturated carbocycles. The molecule has 0 fully saturated rings. The van der Waals surface area contributed by atoms with E-state index < -0.39 is 0 Å². The van der Waals surface area contributed by atoms with E-state index in [0.717, 1.165) is 51.5 Å². The van der Waals surface area contributed by atoms with E-state index in [2.05, 4.69) is 34.7 Å². The van der Waals surface area contributed by atoms with Crippen LogP contribution in [0, 0.1) is 6.92 Å². The minimum atomic E-state index is -0.0160. The van der Waals surface area contributed by atoms with Crippen LogP contribution in [-0.2, 0) is 0 Å². The van der Waals surface area contributed by atoms with E-state index in [1.54, 1.807) is 0 Å². The molecule has 3 N–H and O–H groups in total. The Morgan fingerprint density at radius 1 is 1.19 bits per heavy atom. The number of H-pyrrole nitrogens is 1. The van der Waals surface area contributed by atoms with Crippen molar-refractivity contribution in [1.29, 1.82) is 0 Å². The van der Waals surface area contributed by atoms with Crippen molar-refractivity contribution in [3.05, 3.63) is 53.4 Å². The minimum Gasteiger partial charge on any atom is -0.363 e. The SMILES string of the molecule is Cc1nc2cccc3c2nc1N[C@@H](C)/C=C/C[C@H]1CNC(=O)c2cc-3[nH]c21. The number of aromatic nitrogens is 3. The van der Waals surface area contributed by atoms with Crippen molar-refractivity contribution >= 4 is 22.8 Å². The highest BCUT2D eigenvalue weighted by molar-refractivity contribution is 6.00. The van der Waals surface area contributed by atoms with E-state index in [4.69, 9.17) is 9.97 Å². The number of amides is 1. The number of benzene rings is 1. The van der Waals surface area contributed by atoms with Crippen LogP contribution < -0.4 is 10.6 Å². The van der Waals surface area contributed by atoms with Crippen LogP contribution in [0.2, 0.25) is 0 Å². The molecule has 27 heavy (non-hydrogen) atoms. The molecule has 6 heteroatoms. The van der Waals surface area contributed by atoms with Gasteiger partial charge in [0, 0.05) is 35.5 Å². The Bertz CT molecular complexity index is 1100. The molecule has 2 aliphatic heterocycles. The molecule has 0 spiro atoms. The molecule has 0 radical (unpaired) electrons. The van der Waals surface area contributed by atoms with Gasteiger partial charge in [0.15, 0.2) is 0 Å². The molecule has 0 unspecified atom stereocenters. The van der Waals surface area contributed by atoms with Crippen LogP contribution in [0.5, 0.6) is 0 Å². The van der Waals surface area contributed by atoms with Gasteiger partial charge in [-0.1, -0.05) is 24.3 Å². The lowest BCUT2D eigenvalue weighted by atomic mass is 9.94. The van der Waals surface area contributed by atoms with E-state index in [-0.39, 0.29) is 17.9 Å². The monoisotopic (exact) mass is 359 g/mol. The van der Waals surface area contributed by atoms with E-state index in [0.29, 0.717) is 6.54 Å². The number of nitrogens with zero attached hydrogens (tertiary/aromatic N) is 2. The molecule has 2 aliphatic rings. The molecule has 4 heterocycles. The lowest BCUT2D eigenvalue weighted by molar-refractivity contribution is 0.0940. The molecule has 1 aromatic carbocycles. The number of carbonyl (C=O) groups is 1. The first-order chi connectivity index (χ1) is 13.1. The molecule has 4 bridgehead atoms. The van der Waals surface area contributed by atoms with E-state index in [1.807, 2.05) is 31.2 Å². The third-order valence-electron chi connectivity index (χ3n) is 5.38. The van der Waals surface area contributed by atoms with Crippen molar-refractivity contribution in [3.63, 3.8) is 0 Å². The largest absolute Gasteiger partial charge is 0.363 e. The van der Waals surface area contributed by atoms with Crippen LogP contribution in [0.25, 0.3) is 22.3 Å². The number of hydrogen-bond acceptors (Lipinski definition) is 4. The third kappa shape index (κ3) is 2.60. The fourth-order valence-electron chi connectivity index (χ4n) is 3.97. The Labute approximate surface area is 157 Å². The second-order valence-electron chi connectivity index (χ2n) is 7.35.